The van der Waals surface area contributed by atoms with Crippen LogP contribution in [0, 0.1) is 0 Å². The molecule has 0 bridgehead atoms. The number of carboxylic acid groups (broad SMARTS) is 1. The first-order chi connectivity index (χ1) is 11.0. The van der Waals surface area contributed by atoms with Crippen molar-refractivity contribution in [1.29, 1.82) is 0 Å². The van der Waals surface area contributed by atoms with Gasteiger partial charge in [0.05, 0.1) is 0 Å². The maximum atomic E-state index is 11.9. The molecule has 2 N–H and O–H groups in total. The van der Waals surface area contributed by atoms with Gasteiger partial charge in [-0.2, -0.15) is 25.3 Å². The van der Waals surface area contributed by atoms with Gasteiger partial charge in [-0.3, -0.25) is 4.79 Å². The monoisotopic (exact) mass is 379 g/mol. The minimum absolute atomic E-state index is 0. The number of benzene rings is 1. The first-order valence-corrected chi connectivity index (χ1v) is 9.03. The minimum atomic E-state index is -1.01. The molecule has 24 heavy (non-hydrogen) atoms. The number of carbonyl (C=O) groups is 2. The molecule has 0 heterocycles. The van der Waals surface area contributed by atoms with E-state index in [9.17, 15) is 14.7 Å². The van der Waals surface area contributed by atoms with Crippen molar-refractivity contribution in [2.75, 3.05) is 5.75 Å². The summed E-state index contributed by atoms with van der Waals surface area (Å²) in [6.07, 6.45) is 4.20. The third-order valence-electron chi connectivity index (χ3n) is 3.57. The number of nitrogens with one attached hydrogen (secondary N) is 1. The summed E-state index contributed by atoms with van der Waals surface area (Å²) in [6.45, 7) is 0. The van der Waals surface area contributed by atoms with E-state index in [1.165, 1.54) is 0 Å². The second kappa shape index (κ2) is 14.1. The van der Waals surface area contributed by atoms with Crippen LogP contribution in [0.1, 0.15) is 37.7 Å². The molecule has 1 aromatic carbocycles. The van der Waals surface area contributed by atoms with Crippen LogP contribution in [0.2, 0.25) is 0 Å². The molecule has 4 nitrogen and oxygen atoms in total. The Bertz CT molecular complexity index is 488. The molecular weight excluding hydrogens is 353 g/mol. The molecule has 0 aliphatic carbocycles. The summed E-state index contributed by atoms with van der Waals surface area (Å²) in [6, 6.07) is 8.42. The molecule has 1 rings (SSSR count). The first-order valence-electron chi connectivity index (χ1n) is 7.88. The summed E-state index contributed by atoms with van der Waals surface area (Å²) in [5.74, 6) is -0.404. The van der Waals surface area contributed by atoms with E-state index in [0.717, 1.165) is 37.0 Å². The van der Waals surface area contributed by atoms with Gasteiger partial charge in [0, 0.05) is 18.1 Å². The number of aliphatic carboxylic acids is 1. The van der Waals surface area contributed by atoms with Gasteiger partial charge in [-0.1, -0.05) is 36.8 Å². The summed E-state index contributed by atoms with van der Waals surface area (Å²) >= 11 is 8.61. The van der Waals surface area contributed by atoms with Gasteiger partial charge in [0.15, 0.2) is 0 Å². The quantitative estimate of drug-likeness (QED) is 0.271. The molecule has 0 aromatic heterocycles. The van der Waals surface area contributed by atoms with Crippen LogP contribution in [-0.2, 0) is 16.0 Å². The Morgan fingerprint density at radius 2 is 1.79 bits per heavy atom. The van der Waals surface area contributed by atoms with E-state index in [1.54, 1.807) is 0 Å². The van der Waals surface area contributed by atoms with Crippen molar-refractivity contribution >= 4 is 66.7 Å². The molecular formula is C17H26NNaO3S2. The summed E-state index contributed by atoms with van der Waals surface area (Å²) < 4.78 is 0. The van der Waals surface area contributed by atoms with Crippen molar-refractivity contribution in [2.24, 2.45) is 0 Å². The molecule has 0 aliphatic heterocycles. The van der Waals surface area contributed by atoms with Crippen molar-refractivity contribution < 1.29 is 14.7 Å². The maximum absolute atomic E-state index is 11.9. The van der Waals surface area contributed by atoms with Crippen LogP contribution in [0.4, 0.5) is 0 Å². The Kier molecular flexibility index (Phi) is 14.0. The van der Waals surface area contributed by atoms with E-state index in [4.69, 9.17) is 0 Å². The molecule has 1 amide bonds. The molecule has 0 fully saturated rings. The zero-order chi connectivity index (χ0) is 17.1. The van der Waals surface area contributed by atoms with E-state index in [-0.39, 0.29) is 35.5 Å². The van der Waals surface area contributed by atoms with Gasteiger partial charge in [0.2, 0.25) is 5.91 Å². The molecule has 0 saturated heterocycles. The number of hydrogen-bond donors (Lipinski definition) is 4. The molecule has 0 saturated carbocycles. The van der Waals surface area contributed by atoms with E-state index in [1.807, 2.05) is 30.3 Å². The molecule has 2 atom stereocenters. The van der Waals surface area contributed by atoms with Gasteiger partial charge in [-0.05, 0) is 30.6 Å². The summed E-state index contributed by atoms with van der Waals surface area (Å²) in [7, 11) is 0. The van der Waals surface area contributed by atoms with Crippen LogP contribution in [0.3, 0.4) is 0 Å². The second-order valence-corrected chi connectivity index (χ2v) is 6.74. The van der Waals surface area contributed by atoms with E-state index in [0.29, 0.717) is 18.1 Å². The fraction of sp³-hybridized carbons (Fsp3) is 0.529. The van der Waals surface area contributed by atoms with Crippen molar-refractivity contribution in [1.82, 2.24) is 5.32 Å². The standard InChI is InChI=1S/C17H25NO3S2.Na.H/c19-16(9-5-4-8-14(23)10-11-22)18-15(17(20)21)12-13-6-2-1-3-7-13;;/h1-3,6-7,14-15,22-23H,4-5,8-12H2,(H,18,19)(H,20,21);;. The van der Waals surface area contributed by atoms with Crippen molar-refractivity contribution in [3.8, 4) is 0 Å². The number of rotatable bonds is 11. The topological polar surface area (TPSA) is 66.4 Å². The van der Waals surface area contributed by atoms with Crippen LogP contribution in [-0.4, -0.2) is 63.6 Å². The third-order valence-corrected chi connectivity index (χ3v) is 4.34. The third kappa shape index (κ3) is 10.7. The van der Waals surface area contributed by atoms with Crippen molar-refractivity contribution in [3.05, 3.63) is 35.9 Å². The number of amides is 1. The second-order valence-electron chi connectivity index (χ2n) is 5.56. The Hall–Kier alpha value is -0.140. The van der Waals surface area contributed by atoms with Gasteiger partial charge < -0.3 is 10.4 Å². The van der Waals surface area contributed by atoms with Crippen molar-refractivity contribution in [3.63, 3.8) is 0 Å². The number of thiol groups is 2. The summed E-state index contributed by atoms with van der Waals surface area (Å²) in [5.41, 5.74) is 0.893. The predicted molar refractivity (Wildman–Crippen MR) is 107 cm³/mol. The van der Waals surface area contributed by atoms with Crippen LogP contribution in [0.25, 0.3) is 0 Å². The first kappa shape index (κ1) is 23.9. The zero-order valence-corrected chi connectivity index (χ0v) is 14.9. The molecule has 1 aromatic rings. The van der Waals surface area contributed by atoms with Gasteiger partial charge in [0.1, 0.15) is 6.04 Å². The molecule has 7 heteroatoms. The van der Waals surface area contributed by atoms with E-state index < -0.39 is 12.0 Å². The Labute approximate surface area is 177 Å². The normalized spacial score (nSPS) is 12.8. The van der Waals surface area contributed by atoms with Gasteiger partial charge in [-0.25, -0.2) is 4.79 Å². The van der Waals surface area contributed by atoms with Gasteiger partial charge in [-0.15, -0.1) is 0 Å². The molecule has 130 valence electrons. The fourth-order valence-electron chi connectivity index (χ4n) is 2.28. The van der Waals surface area contributed by atoms with Crippen LogP contribution < -0.4 is 5.32 Å². The number of hydrogen-bond acceptors (Lipinski definition) is 4. The van der Waals surface area contributed by atoms with E-state index >= 15 is 0 Å². The van der Waals surface area contributed by atoms with Gasteiger partial charge in [0.25, 0.3) is 0 Å². The predicted octanol–water partition coefficient (Wildman–Crippen LogP) is 2.33. The SMILES string of the molecule is O=C(CCCCC(S)CCS)NC(Cc1ccccc1)C(=O)O.[NaH]. The van der Waals surface area contributed by atoms with Crippen LogP contribution in [0.5, 0.6) is 0 Å². The zero-order valence-electron chi connectivity index (χ0n) is 13.1. The Morgan fingerprint density at radius 3 is 2.38 bits per heavy atom. The molecule has 0 aliphatic rings. The summed E-state index contributed by atoms with van der Waals surface area (Å²) in [4.78, 5) is 23.2. The molecule has 2 unspecified atom stereocenters. The van der Waals surface area contributed by atoms with E-state index in [2.05, 4.69) is 30.6 Å². The summed E-state index contributed by atoms with van der Waals surface area (Å²) in [5, 5.41) is 12.2. The average Bonchev–Trinajstić information content (AvgIpc) is 2.52. The number of unbranched alkanes of at least 4 members (excludes halogenated alkanes) is 1. The van der Waals surface area contributed by atoms with Crippen molar-refractivity contribution in [2.45, 2.75) is 49.8 Å². The van der Waals surface area contributed by atoms with Crippen LogP contribution in [0.15, 0.2) is 30.3 Å². The molecule has 0 spiro atoms. The van der Waals surface area contributed by atoms with Crippen LogP contribution >= 0.6 is 25.3 Å². The number of carboxylic acids is 1. The number of carbonyl (C=O) groups excluding carboxylic acids is 1. The molecule has 0 radical (unpaired) electrons. The Balaban J connectivity index is 0.00000529. The fourth-order valence-corrected chi connectivity index (χ4v) is 3.10. The average molecular weight is 380 g/mol. The van der Waals surface area contributed by atoms with Gasteiger partial charge >= 0.3 is 35.5 Å². The Morgan fingerprint density at radius 1 is 1.12 bits per heavy atom.